The average molecular weight is 449 g/mol. The van der Waals surface area contributed by atoms with Crippen LogP contribution in [0.1, 0.15) is 12.5 Å². The molecule has 3 rings (SSSR count). The molecule has 0 radical (unpaired) electrons. The lowest BCUT2D eigenvalue weighted by atomic mass is 10.2. The second-order valence-electron chi connectivity index (χ2n) is 6.48. The molecule has 1 aromatic carbocycles. The molecule has 1 aliphatic rings. The standard InChI is InChI=1S/C19H25BrN6O2/c1-4-21-19(22-10-14-5-6-17(28-3)16(20)9-14)25-7-8-26(18(27)13-25)15-11-23-24(2)12-15/h5-6,9,11-12H,4,7-8,10,13H2,1-3H3,(H,21,22). The second kappa shape index (κ2) is 9.09. The summed E-state index contributed by atoms with van der Waals surface area (Å²) in [6.07, 6.45) is 3.57. The van der Waals surface area contributed by atoms with Crippen LogP contribution in [0.15, 0.2) is 40.1 Å². The van der Waals surface area contributed by atoms with Crippen LogP contribution in [0.3, 0.4) is 0 Å². The Morgan fingerprint density at radius 1 is 1.39 bits per heavy atom. The Kier molecular flexibility index (Phi) is 6.56. The third-order valence-electron chi connectivity index (χ3n) is 4.49. The van der Waals surface area contributed by atoms with Crippen LogP contribution in [-0.2, 0) is 18.4 Å². The number of ether oxygens (including phenoxy) is 1. The summed E-state index contributed by atoms with van der Waals surface area (Å²) in [6.45, 7) is 4.87. The quantitative estimate of drug-likeness (QED) is 0.559. The minimum absolute atomic E-state index is 0.0389. The number of benzene rings is 1. The zero-order valence-corrected chi connectivity index (χ0v) is 17.9. The highest BCUT2D eigenvalue weighted by molar-refractivity contribution is 9.10. The van der Waals surface area contributed by atoms with Crippen molar-refractivity contribution in [3.05, 3.63) is 40.6 Å². The number of aryl methyl sites for hydroxylation is 1. The van der Waals surface area contributed by atoms with Gasteiger partial charge < -0.3 is 19.9 Å². The average Bonchev–Trinajstić information content (AvgIpc) is 3.11. The molecule has 2 heterocycles. The number of aromatic nitrogens is 2. The first-order valence-corrected chi connectivity index (χ1v) is 9.95. The van der Waals surface area contributed by atoms with Crippen LogP contribution in [-0.4, -0.2) is 59.8 Å². The Labute approximate surface area is 173 Å². The van der Waals surface area contributed by atoms with Crippen molar-refractivity contribution in [2.24, 2.45) is 12.0 Å². The summed E-state index contributed by atoms with van der Waals surface area (Å²) in [6, 6.07) is 5.90. The molecule has 1 N–H and O–H groups in total. The van der Waals surface area contributed by atoms with Crippen LogP contribution in [0.25, 0.3) is 0 Å². The van der Waals surface area contributed by atoms with Gasteiger partial charge in [-0.2, -0.15) is 5.10 Å². The van der Waals surface area contributed by atoms with E-state index < -0.39 is 0 Å². The van der Waals surface area contributed by atoms with Crippen LogP contribution in [0.5, 0.6) is 5.75 Å². The fraction of sp³-hybridized carbons (Fsp3) is 0.421. The topological polar surface area (TPSA) is 75.0 Å². The van der Waals surface area contributed by atoms with Gasteiger partial charge in [0, 0.05) is 32.9 Å². The highest BCUT2D eigenvalue weighted by atomic mass is 79.9. The van der Waals surface area contributed by atoms with Crippen molar-refractivity contribution >= 4 is 33.5 Å². The minimum Gasteiger partial charge on any atom is -0.496 e. The van der Waals surface area contributed by atoms with E-state index in [-0.39, 0.29) is 12.5 Å². The van der Waals surface area contributed by atoms with E-state index in [4.69, 9.17) is 9.73 Å². The monoisotopic (exact) mass is 448 g/mol. The van der Waals surface area contributed by atoms with E-state index in [1.807, 2.05) is 43.3 Å². The van der Waals surface area contributed by atoms with Gasteiger partial charge in [0.1, 0.15) is 12.3 Å². The first kappa shape index (κ1) is 20.2. The first-order chi connectivity index (χ1) is 13.5. The third-order valence-corrected chi connectivity index (χ3v) is 5.11. The fourth-order valence-corrected chi connectivity index (χ4v) is 3.66. The van der Waals surface area contributed by atoms with Gasteiger partial charge in [-0.15, -0.1) is 0 Å². The molecule has 1 fully saturated rings. The van der Waals surface area contributed by atoms with E-state index in [1.54, 1.807) is 22.9 Å². The van der Waals surface area contributed by atoms with Crippen molar-refractivity contribution in [1.29, 1.82) is 0 Å². The summed E-state index contributed by atoms with van der Waals surface area (Å²) in [5.74, 6) is 1.57. The Bertz CT molecular complexity index is 866. The fourth-order valence-electron chi connectivity index (χ4n) is 3.07. The molecule has 0 atom stereocenters. The highest BCUT2D eigenvalue weighted by Gasteiger charge is 2.27. The Morgan fingerprint density at radius 3 is 2.82 bits per heavy atom. The number of piperazine rings is 1. The van der Waals surface area contributed by atoms with Gasteiger partial charge in [-0.25, -0.2) is 4.99 Å². The van der Waals surface area contributed by atoms with Crippen LogP contribution < -0.4 is 15.0 Å². The van der Waals surface area contributed by atoms with E-state index in [9.17, 15) is 4.79 Å². The number of nitrogens with zero attached hydrogens (tertiary/aromatic N) is 5. The SMILES string of the molecule is CCNC(=NCc1ccc(OC)c(Br)c1)N1CCN(c2cnn(C)c2)C(=O)C1. The van der Waals surface area contributed by atoms with Gasteiger partial charge in [0.05, 0.1) is 30.0 Å². The number of hydrogen-bond acceptors (Lipinski definition) is 4. The molecule has 9 heteroatoms. The molecule has 0 spiro atoms. The number of aliphatic imine (C=N–C) groups is 1. The van der Waals surface area contributed by atoms with Crippen LogP contribution in [0.4, 0.5) is 5.69 Å². The maximum absolute atomic E-state index is 12.7. The van der Waals surface area contributed by atoms with Gasteiger partial charge in [-0.1, -0.05) is 6.07 Å². The van der Waals surface area contributed by atoms with E-state index in [1.165, 1.54) is 0 Å². The van der Waals surface area contributed by atoms with Gasteiger partial charge in [-0.3, -0.25) is 9.48 Å². The van der Waals surface area contributed by atoms with Crippen molar-refractivity contribution in [1.82, 2.24) is 20.0 Å². The lowest BCUT2D eigenvalue weighted by Crippen LogP contribution is -2.55. The third kappa shape index (κ3) is 4.64. The summed E-state index contributed by atoms with van der Waals surface area (Å²) in [5, 5.41) is 7.44. The Hall–Kier alpha value is -2.55. The van der Waals surface area contributed by atoms with Gasteiger partial charge in [0.25, 0.3) is 0 Å². The maximum atomic E-state index is 12.7. The Morgan fingerprint density at radius 2 is 2.21 bits per heavy atom. The molecular formula is C19H25BrN6O2. The molecule has 1 amide bonds. The highest BCUT2D eigenvalue weighted by Crippen LogP contribution is 2.25. The van der Waals surface area contributed by atoms with E-state index in [0.717, 1.165) is 34.0 Å². The second-order valence-corrected chi connectivity index (χ2v) is 7.33. The van der Waals surface area contributed by atoms with Crippen molar-refractivity contribution in [2.45, 2.75) is 13.5 Å². The number of halogens is 1. The van der Waals surface area contributed by atoms with Gasteiger partial charge in [-0.05, 0) is 40.5 Å². The van der Waals surface area contributed by atoms with E-state index in [0.29, 0.717) is 19.6 Å². The zero-order valence-electron chi connectivity index (χ0n) is 16.4. The summed E-state index contributed by atoms with van der Waals surface area (Å²) >= 11 is 3.50. The summed E-state index contributed by atoms with van der Waals surface area (Å²) in [5.41, 5.74) is 1.89. The molecule has 0 unspecified atom stereocenters. The Balaban J connectivity index is 1.69. The normalized spacial score (nSPS) is 15.1. The lowest BCUT2D eigenvalue weighted by Gasteiger charge is -2.35. The van der Waals surface area contributed by atoms with Crippen LogP contribution in [0.2, 0.25) is 0 Å². The first-order valence-electron chi connectivity index (χ1n) is 9.16. The van der Waals surface area contributed by atoms with Gasteiger partial charge >= 0.3 is 0 Å². The number of nitrogens with one attached hydrogen (secondary N) is 1. The number of carbonyl (C=O) groups excluding carboxylic acids is 1. The number of anilines is 1. The molecule has 150 valence electrons. The van der Waals surface area contributed by atoms with Gasteiger partial charge in [0.2, 0.25) is 5.91 Å². The van der Waals surface area contributed by atoms with Crippen molar-refractivity contribution in [2.75, 3.05) is 38.2 Å². The smallest absolute Gasteiger partial charge is 0.246 e. The van der Waals surface area contributed by atoms with Gasteiger partial charge in [0.15, 0.2) is 5.96 Å². The molecule has 8 nitrogen and oxygen atoms in total. The summed E-state index contributed by atoms with van der Waals surface area (Å²) in [4.78, 5) is 21.1. The number of hydrogen-bond donors (Lipinski definition) is 1. The molecule has 0 saturated carbocycles. The molecule has 0 bridgehead atoms. The van der Waals surface area contributed by atoms with E-state index in [2.05, 4.69) is 26.3 Å². The summed E-state index contributed by atoms with van der Waals surface area (Å²) < 4.78 is 7.87. The molecule has 1 aromatic heterocycles. The maximum Gasteiger partial charge on any atom is 0.246 e. The van der Waals surface area contributed by atoms with E-state index >= 15 is 0 Å². The predicted octanol–water partition coefficient (Wildman–Crippen LogP) is 2.01. The molecular weight excluding hydrogens is 424 g/mol. The van der Waals surface area contributed by atoms with Crippen molar-refractivity contribution in [3.63, 3.8) is 0 Å². The molecule has 0 aliphatic carbocycles. The molecule has 1 saturated heterocycles. The largest absolute Gasteiger partial charge is 0.496 e. The van der Waals surface area contributed by atoms with Crippen molar-refractivity contribution in [3.8, 4) is 5.75 Å². The van der Waals surface area contributed by atoms with Crippen molar-refractivity contribution < 1.29 is 9.53 Å². The van der Waals surface area contributed by atoms with Crippen LogP contribution >= 0.6 is 15.9 Å². The molecule has 1 aliphatic heterocycles. The number of carbonyl (C=O) groups is 1. The molecule has 28 heavy (non-hydrogen) atoms. The number of rotatable bonds is 5. The number of amides is 1. The molecule has 2 aromatic rings. The van der Waals surface area contributed by atoms with Crippen LogP contribution in [0, 0.1) is 0 Å². The predicted molar refractivity (Wildman–Crippen MR) is 113 cm³/mol. The lowest BCUT2D eigenvalue weighted by molar-refractivity contribution is -0.120. The number of guanidine groups is 1. The zero-order chi connectivity index (χ0) is 20.1. The summed E-state index contributed by atoms with van der Waals surface area (Å²) in [7, 11) is 3.49. The minimum atomic E-state index is 0.0389. The number of methoxy groups -OCH3 is 1.